The first-order chi connectivity index (χ1) is 7.18. The molecule has 5 heteroatoms. The molecule has 1 aliphatic rings. The first-order valence-electron chi connectivity index (χ1n) is 4.73. The van der Waals surface area contributed by atoms with E-state index in [0.717, 1.165) is 5.56 Å². The molecule has 2 rings (SSSR count). The van der Waals surface area contributed by atoms with Crippen LogP contribution in [-0.2, 0) is 16.1 Å². The smallest absolute Gasteiger partial charge is 0.246 e. The van der Waals surface area contributed by atoms with Gasteiger partial charge in [-0.25, -0.2) is 0 Å². The Morgan fingerprint density at radius 2 is 2.40 bits per heavy atom. The molecule has 80 valence electrons. The predicted molar refractivity (Wildman–Crippen MR) is 57.3 cm³/mol. The van der Waals surface area contributed by atoms with Gasteiger partial charge < -0.3 is 5.32 Å². The maximum atomic E-state index is 11.5. The van der Waals surface area contributed by atoms with Crippen LogP contribution in [0.4, 0.5) is 0 Å². The van der Waals surface area contributed by atoms with Gasteiger partial charge in [-0.3, -0.25) is 14.5 Å². The average molecular weight is 224 g/mol. The average Bonchev–Trinajstić information content (AvgIpc) is 2.80. The SMILES string of the molecule is CN1C(=O)CC(NCc2ccsc2)C1=O. The van der Waals surface area contributed by atoms with Gasteiger partial charge in [0, 0.05) is 13.6 Å². The summed E-state index contributed by atoms with van der Waals surface area (Å²) in [5, 5.41) is 7.11. The molecular weight excluding hydrogens is 212 g/mol. The van der Waals surface area contributed by atoms with Gasteiger partial charge in [0.25, 0.3) is 0 Å². The highest BCUT2D eigenvalue weighted by atomic mass is 32.1. The third kappa shape index (κ3) is 2.08. The van der Waals surface area contributed by atoms with Gasteiger partial charge in [0.2, 0.25) is 11.8 Å². The molecule has 0 aromatic carbocycles. The van der Waals surface area contributed by atoms with Crippen LogP contribution in [-0.4, -0.2) is 29.8 Å². The number of imide groups is 1. The monoisotopic (exact) mass is 224 g/mol. The van der Waals surface area contributed by atoms with Crippen molar-refractivity contribution in [3.8, 4) is 0 Å². The molecule has 1 fully saturated rings. The minimum Gasteiger partial charge on any atom is -0.301 e. The van der Waals surface area contributed by atoms with Crippen molar-refractivity contribution in [1.29, 1.82) is 0 Å². The Labute approximate surface area is 91.9 Å². The number of carbonyl (C=O) groups excluding carboxylic acids is 2. The lowest BCUT2D eigenvalue weighted by Gasteiger charge is -2.09. The molecule has 1 N–H and O–H groups in total. The van der Waals surface area contributed by atoms with Crippen LogP contribution in [0.25, 0.3) is 0 Å². The van der Waals surface area contributed by atoms with Crippen LogP contribution in [0.3, 0.4) is 0 Å². The quantitative estimate of drug-likeness (QED) is 0.765. The second-order valence-electron chi connectivity index (χ2n) is 3.56. The Kier molecular flexibility index (Phi) is 2.83. The van der Waals surface area contributed by atoms with Crippen LogP contribution in [0.2, 0.25) is 0 Å². The number of hydrogen-bond acceptors (Lipinski definition) is 4. The van der Waals surface area contributed by atoms with Crippen LogP contribution >= 0.6 is 11.3 Å². The minimum absolute atomic E-state index is 0.109. The van der Waals surface area contributed by atoms with Crippen molar-refractivity contribution in [3.05, 3.63) is 22.4 Å². The number of amides is 2. The summed E-state index contributed by atoms with van der Waals surface area (Å²) >= 11 is 1.62. The van der Waals surface area contributed by atoms with E-state index >= 15 is 0 Å². The van der Waals surface area contributed by atoms with Gasteiger partial charge in [-0.05, 0) is 22.4 Å². The zero-order valence-electron chi connectivity index (χ0n) is 8.40. The lowest BCUT2D eigenvalue weighted by molar-refractivity contribution is -0.137. The largest absolute Gasteiger partial charge is 0.301 e. The van der Waals surface area contributed by atoms with Crippen LogP contribution < -0.4 is 5.32 Å². The molecule has 1 saturated heterocycles. The molecule has 0 saturated carbocycles. The van der Waals surface area contributed by atoms with Crippen LogP contribution in [0.1, 0.15) is 12.0 Å². The predicted octanol–water partition coefficient (Wildman–Crippen LogP) is 0.595. The number of likely N-dealkylation sites (tertiary alicyclic amines) is 1. The van der Waals surface area contributed by atoms with E-state index in [1.807, 2.05) is 16.8 Å². The van der Waals surface area contributed by atoms with Crippen molar-refractivity contribution in [3.63, 3.8) is 0 Å². The maximum Gasteiger partial charge on any atom is 0.246 e. The molecule has 1 atom stereocenters. The fourth-order valence-electron chi connectivity index (χ4n) is 1.55. The number of likely N-dealkylation sites (N-methyl/N-ethyl adjacent to an activating group) is 1. The van der Waals surface area contributed by atoms with Gasteiger partial charge >= 0.3 is 0 Å². The topological polar surface area (TPSA) is 49.4 Å². The first-order valence-corrected chi connectivity index (χ1v) is 5.67. The highest BCUT2D eigenvalue weighted by molar-refractivity contribution is 7.07. The molecule has 0 bridgehead atoms. The Morgan fingerprint density at radius 1 is 1.60 bits per heavy atom. The van der Waals surface area contributed by atoms with E-state index in [0.29, 0.717) is 6.54 Å². The van der Waals surface area contributed by atoms with Crippen molar-refractivity contribution in [1.82, 2.24) is 10.2 Å². The fraction of sp³-hybridized carbons (Fsp3) is 0.400. The summed E-state index contributed by atoms with van der Waals surface area (Å²) < 4.78 is 0. The summed E-state index contributed by atoms with van der Waals surface area (Å²) in [5.41, 5.74) is 1.15. The number of hydrogen-bond donors (Lipinski definition) is 1. The van der Waals surface area contributed by atoms with Crippen LogP contribution in [0.5, 0.6) is 0 Å². The highest BCUT2D eigenvalue weighted by Gasteiger charge is 2.35. The lowest BCUT2D eigenvalue weighted by Crippen LogP contribution is -2.36. The molecule has 2 heterocycles. The second-order valence-corrected chi connectivity index (χ2v) is 4.34. The van der Waals surface area contributed by atoms with Crippen molar-refractivity contribution in [2.45, 2.75) is 19.0 Å². The van der Waals surface area contributed by atoms with Crippen molar-refractivity contribution in [2.24, 2.45) is 0 Å². The van der Waals surface area contributed by atoms with Crippen LogP contribution in [0, 0.1) is 0 Å². The summed E-state index contributed by atoms with van der Waals surface area (Å²) in [6.45, 7) is 0.640. The summed E-state index contributed by atoms with van der Waals surface area (Å²) in [6, 6.07) is 1.66. The molecule has 15 heavy (non-hydrogen) atoms. The highest BCUT2D eigenvalue weighted by Crippen LogP contribution is 2.12. The second kappa shape index (κ2) is 4.12. The van der Waals surface area contributed by atoms with Gasteiger partial charge in [-0.15, -0.1) is 0 Å². The summed E-state index contributed by atoms with van der Waals surface area (Å²) in [4.78, 5) is 23.9. The third-order valence-corrected chi connectivity index (χ3v) is 3.25. The Hall–Kier alpha value is -1.20. The van der Waals surface area contributed by atoms with Gasteiger partial charge in [0.15, 0.2) is 0 Å². The third-order valence-electron chi connectivity index (χ3n) is 2.51. The van der Waals surface area contributed by atoms with Gasteiger partial charge in [0.05, 0.1) is 12.5 Å². The van der Waals surface area contributed by atoms with E-state index in [1.165, 1.54) is 11.9 Å². The van der Waals surface area contributed by atoms with E-state index in [-0.39, 0.29) is 24.3 Å². The summed E-state index contributed by atoms with van der Waals surface area (Å²) in [5.74, 6) is -0.238. The fourth-order valence-corrected chi connectivity index (χ4v) is 2.22. The Balaban J connectivity index is 1.91. The molecule has 1 unspecified atom stereocenters. The maximum absolute atomic E-state index is 11.5. The van der Waals surface area contributed by atoms with E-state index in [4.69, 9.17) is 0 Å². The Bertz CT molecular complexity index is 375. The minimum atomic E-state index is -0.345. The Morgan fingerprint density at radius 3 is 2.93 bits per heavy atom. The molecule has 1 aromatic rings. The number of nitrogens with one attached hydrogen (secondary N) is 1. The van der Waals surface area contributed by atoms with Gasteiger partial charge in [-0.1, -0.05) is 0 Å². The van der Waals surface area contributed by atoms with Crippen molar-refractivity contribution < 1.29 is 9.59 Å². The molecule has 0 spiro atoms. The zero-order valence-corrected chi connectivity index (χ0v) is 9.21. The normalized spacial score (nSPS) is 21.4. The molecule has 1 aliphatic heterocycles. The molecule has 0 aliphatic carbocycles. The van der Waals surface area contributed by atoms with E-state index in [1.54, 1.807) is 11.3 Å². The van der Waals surface area contributed by atoms with Crippen molar-refractivity contribution in [2.75, 3.05) is 7.05 Å². The van der Waals surface area contributed by atoms with Crippen molar-refractivity contribution >= 4 is 23.2 Å². The van der Waals surface area contributed by atoms with E-state index < -0.39 is 0 Å². The van der Waals surface area contributed by atoms with Crippen LogP contribution in [0.15, 0.2) is 16.8 Å². The van der Waals surface area contributed by atoms with Gasteiger partial charge in [-0.2, -0.15) is 11.3 Å². The number of nitrogens with zero attached hydrogens (tertiary/aromatic N) is 1. The molecular formula is C10H12N2O2S. The van der Waals surface area contributed by atoms with E-state index in [2.05, 4.69) is 5.32 Å². The molecule has 1 aromatic heterocycles. The van der Waals surface area contributed by atoms with E-state index in [9.17, 15) is 9.59 Å². The first kappa shape index (κ1) is 10.3. The lowest BCUT2D eigenvalue weighted by atomic mass is 10.2. The van der Waals surface area contributed by atoms with Gasteiger partial charge in [0.1, 0.15) is 0 Å². The summed E-state index contributed by atoms with van der Waals surface area (Å²) in [7, 11) is 1.52. The zero-order chi connectivity index (χ0) is 10.8. The molecule has 0 radical (unpaired) electrons. The molecule has 4 nitrogen and oxygen atoms in total. The molecule has 2 amide bonds. The number of carbonyl (C=O) groups is 2. The number of rotatable bonds is 3. The standard InChI is InChI=1S/C10H12N2O2S/c1-12-9(13)4-8(10(12)14)11-5-7-2-3-15-6-7/h2-3,6,8,11H,4-5H2,1H3. The summed E-state index contributed by atoms with van der Waals surface area (Å²) in [6.07, 6.45) is 0.277. The number of thiophene rings is 1.